The van der Waals surface area contributed by atoms with Crippen molar-refractivity contribution in [1.29, 1.82) is 0 Å². The van der Waals surface area contributed by atoms with Gasteiger partial charge in [0.05, 0.1) is 12.1 Å². The SMILES string of the molecule is Cc1ccc2c(c1)C(=O)NC1(CCC(=O)N(CC(=O)N3CCCC(C)C3)CC1)O2. The molecule has 3 amide bonds. The molecule has 1 aromatic rings. The van der Waals surface area contributed by atoms with Gasteiger partial charge in [0.25, 0.3) is 5.91 Å². The maximum atomic E-state index is 12.7. The van der Waals surface area contributed by atoms with Crippen LogP contribution in [0.25, 0.3) is 0 Å². The van der Waals surface area contributed by atoms with Gasteiger partial charge in [-0.1, -0.05) is 18.6 Å². The van der Waals surface area contributed by atoms with Crippen molar-refractivity contribution in [2.24, 2.45) is 5.92 Å². The first-order valence-electron chi connectivity index (χ1n) is 10.5. The topological polar surface area (TPSA) is 79.0 Å². The van der Waals surface area contributed by atoms with Crippen LogP contribution < -0.4 is 10.1 Å². The smallest absolute Gasteiger partial charge is 0.258 e. The monoisotopic (exact) mass is 399 g/mol. The van der Waals surface area contributed by atoms with Crippen LogP contribution >= 0.6 is 0 Å². The summed E-state index contributed by atoms with van der Waals surface area (Å²) < 4.78 is 6.19. The molecule has 4 rings (SSSR count). The molecule has 0 aliphatic carbocycles. The van der Waals surface area contributed by atoms with Crippen LogP contribution in [-0.4, -0.2) is 59.4 Å². The van der Waals surface area contributed by atoms with E-state index in [0.29, 0.717) is 36.6 Å². The third-order valence-electron chi connectivity index (χ3n) is 6.24. The van der Waals surface area contributed by atoms with Crippen molar-refractivity contribution >= 4 is 17.7 Å². The molecule has 156 valence electrons. The molecule has 3 aliphatic rings. The fourth-order valence-electron chi connectivity index (χ4n) is 4.53. The Morgan fingerprint density at radius 3 is 2.90 bits per heavy atom. The van der Waals surface area contributed by atoms with Crippen LogP contribution in [0.3, 0.4) is 0 Å². The molecule has 0 bridgehead atoms. The van der Waals surface area contributed by atoms with E-state index in [1.807, 2.05) is 30.0 Å². The molecular weight excluding hydrogens is 370 g/mol. The van der Waals surface area contributed by atoms with Gasteiger partial charge in [0.2, 0.25) is 11.8 Å². The van der Waals surface area contributed by atoms with Crippen LogP contribution in [0.1, 0.15) is 54.9 Å². The maximum absolute atomic E-state index is 12.7. The first-order chi connectivity index (χ1) is 13.8. The Kier molecular flexibility index (Phi) is 5.23. The molecule has 1 aromatic carbocycles. The Morgan fingerprint density at radius 2 is 2.10 bits per heavy atom. The summed E-state index contributed by atoms with van der Waals surface area (Å²) in [6, 6.07) is 5.54. The molecule has 0 aromatic heterocycles. The van der Waals surface area contributed by atoms with Crippen molar-refractivity contribution in [1.82, 2.24) is 15.1 Å². The van der Waals surface area contributed by atoms with Gasteiger partial charge in [0.15, 0.2) is 5.72 Å². The largest absolute Gasteiger partial charge is 0.467 e. The Balaban J connectivity index is 1.44. The molecule has 2 unspecified atom stereocenters. The quantitative estimate of drug-likeness (QED) is 0.826. The van der Waals surface area contributed by atoms with Crippen LogP contribution in [0.2, 0.25) is 0 Å². The highest BCUT2D eigenvalue weighted by molar-refractivity contribution is 5.98. The Bertz CT molecular complexity index is 839. The first kappa shape index (κ1) is 19.7. The Morgan fingerprint density at radius 1 is 1.28 bits per heavy atom. The molecule has 3 heterocycles. The van der Waals surface area contributed by atoms with E-state index in [0.717, 1.165) is 31.5 Å². The van der Waals surface area contributed by atoms with E-state index >= 15 is 0 Å². The number of fused-ring (bicyclic) bond motifs is 1. The van der Waals surface area contributed by atoms with E-state index in [-0.39, 0.29) is 30.7 Å². The fourth-order valence-corrected chi connectivity index (χ4v) is 4.53. The van der Waals surface area contributed by atoms with Crippen molar-refractivity contribution < 1.29 is 19.1 Å². The van der Waals surface area contributed by atoms with Crippen LogP contribution in [0.5, 0.6) is 5.75 Å². The second-order valence-electron chi connectivity index (χ2n) is 8.70. The van der Waals surface area contributed by atoms with Crippen LogP contribution in [-0.2, 0) is 9.59 Å². The predicted octanol–water partition coefficient (Wildman–Crippen LogP) is 2.08. The number of aryl methyl sites for hydroxylation is 1. The third kappa shape index (κ3) is 4.09. The zero-order chi connectivity index (χ0) is 20.6. The minimum absolute atomic E-state index is 0.00951. The summed E-state index contributed by atoms with van der Waals surface area (Å²) >= 11 is 0. The van der Waals surface area contributed by atoms with Gasteiger partial charge in [-0.05, 0) is 37.8 Å². The van der Waals surface area contributed by atoms with Crippen molar-refractivity contribution in [2.75, 3.05) is 26.2 Å². The molecule has 1 N–H and O–H groups in total. The van der Waals surface area contributed by atoms with Gasteiger partial charge in [-0.25, -0.2) is 0 Å². The molecule has 29 heavy (non-hydrogen) atoms. The number of hydrogen-bond acceptors (Lipinski definition) is 4. The van der Waals surface area contributed by atoms with Gasteiger partial charge in [0, 0.05) is 38.9 Å². The lowest BCUT2D eigenvalue weighted by molar-refractivity contribution is -0.141. The zero-order valence-electron chi connectivity index (χ0n) is 17.2. The highest BCUT2D eigenvalue weighted by atomic mass is 16.5. The lowest BCUT2D eigenvalue weighted by atomic mass is 9.99. The number of benzene rings is 1. The Labute approximate surface area is 171 Å². The van der Waals surface area contributed by atoms with Crippen molar-refractivity contribution in [3.05, 3.63) is 29.3 Å². The number of piperidine rings is 1. The highest BCUT2D eigenvalue weighted by Crippen LogP contribution is 2.34. The molecular formula is C22H29N3O4. The zero-order valence-corrected chi connectivity index (χ0v) is 17.2. The summed E-state index contributed by atoms with van der Waals surface area (Å²) in [5.41, 5.74) is 0.621. The molecule has 0 saturated carbocycles. The Hall–Kier alpha value is -2.57. The van der Waals surface area contributed by atoms with E-state index in [4.69, 9.17) is 4.74 Å². The average molecular weight is 399 g/mol. The molecule has 2 fully saturated rings. The minimum Gasteiger partial charge on any atom is -0.467 e. The lowest BCUT2D eigenvalue weighted by Gasteiger charge is -2.38. The fraction of sp³-hybridized carbons (Fsp3) is 0.591. The average Bonchev–Trinajstić information content (AvgIpc) is 2.83. The molecule has 2 saturated heterocycles. The van der Waals surface area contributed by atoms with Gasteiger partial charge in [0.1, 0.15) is 5.75 Å². The van der Waals surface area contributed by atoms with Crippen molar-refractivity contribution in [2.45, 2.75) is 51.7 Å². The number of likely N-dealkylation sites (tertiary alicyclic amines) is 2. The maximum Gasteiger partial charge on any atom is 0.258 e. The van der Waals surface area contributed by atoms with Crippen LogP contribution in [0, 0.1) is 12.8 Å². The standard InChI is InChI=1S/C22H29N3O4/c1-15-5-6-18-17(12-15)21(28)23-22(29-18)8-7-19(26)25(11-9-22)14-20(27)24-10-3-4-16(2)13-24/h5-6,12,16H,3-4,7-11,13-14H2,1-2H3,(H,23,28). The number of hydrogen-bond donors (Lipinski definition) is 1. The second-order valence-corrected chi connectivity index (χ2v) is 8.70. The van der Waals surface area contributed by atoms with E-state index < -0.39 is 5.72 Å². The molecule has 1 spiro atoms. The predicted molar refractivity (Wildman–Crippen MR) is 107 cm³/mol. The van der Waals surface area contributed by atoms with Crippen molar-refractivity contribution in [3.8, 4) is 5.75 Å². The summed E-state index contributed by atoms with van der Waals surface area (Å²) in [6.07, 6.45) is 3.26. The van der Waals surface area contributed by atoms with E-state index in [1.165, 1.54) is 0 Å². The highest BCUT2D eigenvalue weighted by Gasteiger charge is 2.43. The summed E-state index contributed by atoms with van der Waals surface area (Å²) in [5, 5.41) is 2.98. The van der Waals surface area contributed by atoms with Gasteiger partial charge in [-0.15, -0.1) is 0 Å². The summed E-state index contributed by atoms with van der Waals surface area (Å²) in [4.78, 5) is 41.5. The molecule has 7 heteroatoms. The number of ether oxygens (including phenoxy) is 1. The lowest BCUT2D eigenvalue weighted by Crippen LogP contribution is -2.56. The van der Waals surface area contributed by atoms with E-state index in [2.05, 4.69) is 12.2 Å². The number of nitrogens with one attached hydrogen (secondary N) is 1. The molecule has 3 aliphatic heterocycles. The van der Waals surface area contributed by atoms with Gasteiger partial charge >= 0.3 is 0 Å². The van der Waals surface area contributed by atoms with Gasteiger partial charge in [-0.2, -0.15) is 0 Å². The molecule has 0 radical (unpaired) electrons. The van der Waals surface area contributed by atoms with Crippen LogP contribution in [0.4, 0.5) is 0 Å². The van der Waals surface area contributed by atoms with Gasteiger partial charge < -0.3 is 19.9 Å². The second kappa shape index (κ2) is 7.69. The number of carbonyl (C=O) groups excluding carboxylic acids is 3. The molecule has 2 atom stereocenters. The third-order valence-corrected chi connectivity index (χ3v) is 6.24. The number of amides is 3. The number of rotatable bonds is 2. The van der Waals surface area contributed by atoms with Gasteiger partial charge in [-0.3, -0.25) is 14.4 Å². The number of carbonyl (C=O) groups is 3. The van der Waals surface area contributed by atoms with E-state index in [9.17, 15) is 14.4 Å². The summed E-state index contributed by atoms with van der Waals surface area (Å²) in [6.45, 7) is 6.11. The summed E-state index contributed by atoms with van der Waals surface area (Å²) in [7, 11) is 0. The van der Waals surface area contributed by atoms with Crippen molar-refractivity contribution in [3.63, 3.8) is 0 Å². The molecule has 7 nitrogen and oxygen atoms in total. The van der Waals surface area contributed by atoms with E-state index in [1.54, 1.807) is 4.90 Å². The summed E-state index contributed by atoms with van der Waals surface area (Å²) in [5.74, 6) is 0.835. The van der Waals surface area contributed by atoms with Crippen LogP contribution in [0.15, 0.2) is 18.2 Å². The minimum atomic E-state index is -0.896. The first-order valence-corrected chi connectivity index (χ1v) is 10.5. The normalized spacial score (nSPS) is 27.2. The number of nitrogens with zero attached hydrogens (tertiary/aromatic N) is 2.